The quantitative estimate of drug-likeness (QED) is 0.560. The normalized spacial score (nSPS) is 13.8. The van der Waals surface area contributed by atoms with Crippen LogP contribution in [0.3, 0.4) is 0 Å². The number of pyridine rings is 1. The van der Waals surface area contributed by atoms with Gasteiger partial charge in [-0.25, -0.2) is 9.97 Å². The van der Waals surface area contributed by atoms with E-state index in [1.165, 1.54) is 18.2 Å². The number of fused-ring (bicyclic) bond motifs is 1. The summed E-state index contributed by atoms with van der Waals surface area (Å²) in [5, 5.41) is 8.73. The van der Waals surface area contributed by atoms with Gasteiger partial charge < -0.3 is 25.4 Å². The third kappa shape index (κ3) is 4.19. The second-order valence-corrected chi connectivity index (χ2v) is 6.82. The molecule has 0 saturated carbocycles. The lowest BCUT2D eigenvalue weighted by Crippen LogP contribution is -2.25. The highest BCUT2D eigenvalue weighted by atomic mass is 32.1. The largest absolute Gasteiger partial charge is 0.586 e. The van der Waals surface area contributed by atoms with E-state index in [9.17, 15) is 13.6 Å². The van der Waals surface area contributed by atoms with E-state index in [2.05, 4.69) is 35.4 Å². The van der Waals surface area contributed by atoms with Crippen LogP contribution < -0.4 is 25.4 Å². The first-order valence-electron chi connectivity index (χ1n) is 8.45. The van der Waals surface area contributed by atoms with Crippen LogP contribution in [0.1, 0.15) is 15.2 Å². The molecule has 0 radical (unpaired) electrons. The topological polar surface area (TPSA) is 97.4 Å². The van der Waals surface area contributed by atoms with Gasteiger partial charge in [-0.05, 0) is 29.8 Å². The predicted molar refractivity (Wildman–Crippen MR) is 104 cm³/mol. The Morgan fingerprint density at radius 2 is 2.00 bits per heavy atom. The molecule has 3 aromatic rings. The number of anilines is 3. The summed E-state index contributed by atoms with van der Waals surface area (Å²) in [5.74, 6) is 0.489. The van der Waals surface area contributed by atoms with Crippen molar-refractivity contribution in [1.29, 1.82) is 0 Å². The number of thiazole rings is 1. The number of halogens is 2. The van der Waals surface area contributed by atoms with Crippen LogP contribution in [-0.2, 0) is 6.54 Å². The fraction of sp³-hybridized carbons (Fsp3) is 0.167. The van der Waals surface area contributed by atoms with E-state index in [0.717, 1.165) is 22.7 Å². The maximum absolute atomic E-state index is 13.1. The van der Waals surface area contributed by atoms with Crippen molar-refractivity contribution in [3.63, 3.8) is 0 Å². The molecule has 1 aliphatic heterocycles. The lowest BCUT2D eigenvalue weighted by molar-refractivity contribution is -0.286. The van der Waals surface area contributed by atoms with Crippen molar-refractivity contribution < 1.29 is 23.0 Å². The van der Waals surface area contributed by atoms with Crippen LogP contribution >= 0.6 is 11.3 Å². The molecule has 29 heavy (non-hydrogen) atoms. The number of nitrogens with zero attached hydrogens (tertiary/aromatic N) is 2. The highest BCUT2D eigenvalue weighted by Gasteiger charge is 2.43. The van der Waals surface area contributed by atoms with Gasteiger partial charge in [0.05, 0.1) is 5.51 Å². The van der Waals surface area contributed by atoms with E-state index in [0.29, 0.717) is 22.9 Å². The van der Waals surface area contributed by atoms with Crippen LogP contribution in [0, 0.1) is 0 Å². The number of alkyl halides is 2. The average Bonchev–Trinajstić information content (AvgIpc) is 3.28. The van der Waals surface area contributed by atoms with Gasteiger partial charge in [0.25, 0.3) is 5.91 Å². The molecular weight excluding hydrogens is 404 g/mol. The molecule has 0 atom stereocenters. The first-order chi connectivity index (χ1) is 13.9. The summed E-state index contributed by atoms with van der Waals surface area (Å²) in [6, 6.07) is 7.76. The maximum Gasteiger partial charge on any atom is 0.586 e. The van der Waals surface area contributed by atoms with Crippen molar-refractivity contribution in [3.8, 4) is 11.5 Å². The van der Waals surface area contributed by atoms with Gasteiger partial charge in [0.1, 0.15) is 16.5 Å². The Labute approximate surface area is 167 Å². The number of ether oxygens (including phenoxy) is 2. The van der Waals surface area contributed by atoms with Gasteiger partial charge in [-0.3, -0.25) is 4.79 Å². The zero-order valence-corrected chi connectivity index (χ0v) is 15.8. The number of hydrogen-bond acceptors (Lipinski definition) is 8. The summed E-state index contributed by atoms with van der Waals surface area (Å²) < 4.78 is 35.0. The molecular formula is C18H15F2N5O3S. The molecule has 0 aliphatic carbocycles. The minimum absolute atomic E-state index is 0.0913. The highest BCUT2D eigenvalue weighted by Crippen LogP contribution is 2.42. The second-order valence-electron chi connectivity index (χ2n) is 5.97. The van der Waals surface area contributed by atoms with Gasteiger partial charge in [0.15, 0.2) is 11.5 Å². The van der Waals surface area contributed by atoms with Crippen LogP contribution in [0.4, 0.5) is 26.1 Å². The van der Waals surface area contributed by atoms with Crippen LogP contribution in [0.5, 0.6) is 11.5 Å². The molecule has 2 aromatic heterocycles. The van der Waals surface area contributed by atoms with Crippen LogP contribution in [-0.4, -0.2) is 29.2 Å². The molecule has 8 nitrogen and oxygen atoms in total. The third-order valence-electron chi connectivity index (χ3n) is 3.97. The molecule has 3 heterocycles. The molecule has 150 valence electrons. The molecule has 11 heteroatoms. The zero-order valence-electron chi connectivity index (χ0n) is 15.0. The molecule has 1 aromatic carbocycles. The smallest absolute Gasteiger partial charge is 0.395 e. The minimum atomic E-state index is -3.71. The van der Waals surface area contributed by atoms with Crippen molar-refractivity contribution in [1.82, 2.24) is 9.97 Å². The van der Waals surface area contributed by atoms with Gasteiger partial charge in [0.2, 0.25) is 0 Å². The highest BCUT2D eigenvalue weighted by molar-refractivity contribution is 7.12. The maximum atomic E-state index is 13.1. The molecule has 3 N–H and O–H groups in total. The fourth-order valence-corrected chi connectivity index (χ4v) is 3.31. The van der Waals surface area contributed by atoms with Gasteiger partial charge in [0, 0.05) is 31.5 Å². The Hall–Kier alpha value is -3.47. The van der Waals surface area contributed by atoms with Gasteiger partial charge in [-0.15, -0.1) is 20.1 Å². The van der Waals surface area contributed by atoms with E-state index in [-0.39, 0.29) is 11.5 Å². The van der Waals surface area contributed by atoms with E-state index >= 15 is 0 Å². The summed E-state index contributed by atoms with van der Waals surface area (Å²) in [7, 11) is 1.78. The van der Waals surface area contributed by atoms with E-state index in [4.69, 9.17) is 0 Å². The van der Waals surface area contributed by atoms with Crippen molar-refractivity contribution in [2.75, 3.05) is 23.0 Å². The van der Waals surface area contributed by atoms with E-state index in [1.807, 2.05) is 12.1 Å². The van der Waals surface area contributed by atoms with Crippen molar-refractivity contribution in [2.45, 2.75) is 12.8 Å². The third-order valence-corrected chi connectivity index (χ3v) is 4.80. The second kappa shape index (κ2) is 7.51. The summed E-state index contributed by atoms with van der Waals surface area (Å²) in [6.45, 7) is 0.445. The van der Waals surface area contributed by atoms with Crippen molar-refractivity contribution in [2.24, 2.45) is 0 Å². The molecule has 4 rings (SSSR count). The van der Waals surface area contributed by atoms with Crippen LogP contribution in [0.25, 0.3) is 0 Å². The molecule has 1 aliphatic rings. The lowest BCUT2D eigenvalue weighted by Gasteiger charge is -2.08. The first-order valence-corrected chi connectivity index (χ1v) is 9.33. The number of nitrogens with one attached hydrogen (secondary N) is 3. The Bertz CT molecular complexity index is 1060. The summed E-state index contributed by atoms with van der Waals surface area (Å²) >= 11 is 1.16. The number of benzene rings is 1. The Morgan fingerprint density at radius 1 is 1.17 bits per heavy atom. The summed E-state index contributed by atoms with van der Waals surface area (Å²) in [5.41, 5.74) is 2.80. The molecule has 0 unspecified atom stereocenters. The molecule has 0 spiro atoms. The van der Waals surface area contributed by atoms with E-state index < -0.39 is 12.2 Å². The first kappa shape index (κ1) is 18.9. The average molecular weight is 419 g/mol. The number of amides is 1. The van der Waals surface area contributed by atoms with Crippen molar-refractivity contribution >= 4 is 34.6 Å². The number of carbonyl (C=O) groups is 1. The monoisotopic (exact) mass is 419 g/mol. The van der Waals surface area contributed by atoms with Crippen molar-refractivity contribution in [3.05, 3.63) is 52.5 Å². The molecule has 0 saturated heterocycles. The number of aromatic nitrogens is 2. The Kier molecular flexibility index (Phi) is 4.89. The minimum Gasteiger partial charge on any atom is -0.395 e. The fourth-order valence-electron chi connectivity index (χ4n) is 2.65. The molecule has 0 bridgehead atoms. The SMILES string of the molecule is CNc1cc(CNc2ncsc2C(=O)Nc2ccc3c(c2)OC(F)(F)O3)ccn1. The van der Waals surface area contributed by atoms with Gasteiger partial charge in [-0.1, -0.05) is 0 Å². The van der Waals surface area contributed by atoms with E-state index in [1.54, 1.807) is 18.8 Å². The van der Waals surface area contributed by atoms with Crippen LogP contribution in [0.15, 0.2) is 42.0 Å². The predicted octanol–water partition coefficient (Wildman–Crippen LogP) is 3.77. The standard InChI is InChI=1S/C18H15F2N5O3S/c1-21-14-6-10(4-5-22-14)8-23-16-15(29-9-24-16)17(26)25-11-2-3-12-13(7-11)28-18(19,20)27-12/h2-7,9,23H,8H2,1H3,(H,21,22)(H,25,26). The van der Waals surface area contributed by atoms with Gasteiger partial charge >= 0.3 is 6.29 Å². The zero-order chi connectivity index (χ0) is 20.4. The Morgan fingerprint density at radius 3 is 2.83 bits per heavy atom. The van der Waals surface area contributed by atoms with Gasteiger partial charge in [-0.2, -0.15) is 0 Å². The summed E-state index contributed by atoms with van der Waals surface area (Å²) in [6.07, 6.45) is -2.03. The number of rotatable bonds is 6. The number of carbonyl (C=O) groups excluding carboxylic acids is 1. The lowest BCUT2D eigenvalue weighted by atomic mass is 10.2. The number of hydrogen-bond donors (Lipinski definition) is 3. The molecule has 0 fully saturated rings. The summed E-state index contributed by atoms with van der Waals surface area (Å²) in [4.78, 5) is 21.3. The van der Waals surface area contributed by atoms with Crippen LogP contribution in [0.2, 0.25) is 0 Å². The molecule has 1 amide bonds. The Balaban J connectivity index is 1.43.